The number of furan rings is 1. The number of benzene rings is 1. The summed E-state index contributed by atoms with van der Waals surface area (Å²) in [5.74, 6) is 0.288. The lowest BCUT2D eigenvalue weighted by molar-refractivity contribution is -0.116. The van der Waals surface area contributed by atoms with Gasteiger partial charge in [-0.05, 0) is 43.0 Å². The van der Waals surface area contributed by atoms with E-state index in [-0.39, 0.29) is 17.3 Å². The molecule has 2 aromatic rings. The van der Waals surface area contributed by atoms with Gasteiger partial charge in [0.1, 0.15) is 5.76 Å². The molecule has 1 heterocycles. The molecule has 0 fully saturated rings. The van der Waals surface area contributed by atoms with E-state index in [1.165, 1.54) is 31.5 Å². The molecule has 0 spiro atoms. The summed E-state index contributed by atoms with van der Waals surface area (Å²) in [5, 5.41) is 2.68. The maximum atomic E-state index is 11.7. The molecule has 116 valence electrons. The van der Waals surface area contributed by atoms with E-state index in [1.54, 1.807) is 30.3 Å². The molecule has 2 rings (SSSR count). The van der Waals surface area contributed by atoms with E-state index < -0.39 is 10.0 Å². The Hall–Kier alpha value is -2.38. The molecular weight excluding hydrogens is 304 g/mol. The van der Waals surface area contributed by atoms with Gasteiger partial charge in [0.25, 0.3) is 0 Å². The van der Waals surface area contributed by atoms with Gasteiger partial charge >= 0.3 is 0 Å². The lowest BCUT2D eigenvalue weighted by Gasteiger charge is -2.06. The zero-order chi connectivity index (χ0) is 16.0. The van der Waals surface area contributed by atoms with Crippen molar-refractivity contribution in [1.29, 1.82) is 0 Å². The highest BCUT2D eigenvalue weighted by Crippen LogP contribution is 2.11. The molecule has 0 aliphatic heterocycles. The number of carbonyl (C=O) groups is 1. The summed E-state index contributed by atoms with van der Waals surface area (Å²) in [6, 6.07) is 9.84. The molecule has 0 radical (unpaired) electrons. The van der Waals surface area contributed by atoms with Crippen LogP contribution < -0.4 is 10.0 Å². The monoisotopic (exact) mass is 320 g/mol. The van der Waals surface area contributed by atoms with Crippen molar-refractivity contribution in [2.45, 2.75) is 11.4 Å². The Morgan fingerprint density at radius 2 is 2.09 bits per heavy atom. The molecule has 2 N–H and O–H groups in total. The van der Waals surface area contributed by atoms with E-state index in [4.69, 9.17) is 4.42 Å². The topological polar surface area (TPSA) is 88.4 Å². The quantitative estimate of drug-likeness (QED) is 0.790. The van der Waals surface area contributed by atoms with Crippen molar-refractivity contribution in [3.8, 4) is 0 Å². The second-order valence-electron chi connectivity index (χ2n) is 4.42. The number of rotatable bonds is 6. The Balaban J connectivity index is 1.97. The second-order valence-corrected chi connectivity index (χ2v) is 6.31. The molecular formula is C15H16N2O4S. The summed E-state index contributed by atoms with van der Waals surface area (Å²) >= 11 is 0. The van der Waals surface area contributed by atoms with Gasteiger partial charge in [-0.3, -0.25) is 4.79 Å². The van der Waals surface area contributed by atoms with Crippen LogP contribution in [0.3, 0.4) is 0 Å². The highest BCUT2D eigenvalue weighted by molar-refractivity contribution is 7.89. The smallest absolute Gasteiger partial charge is 0.244 e. The fourth-order valence-corrected chi connectivity index (χ4v) is 2.53. The lowest BCUT2D eigenvalue weighted by atomic mass is 10.2. The predicted octanol–water partition coefficient (Wildman–Crippen LogP) is 1.52. The zero-order valence-electron chi connectivity index (χ0n) is 11.9. The SMILES string of the molecule is CNS(=O)(=O)c1cccc(CNC(=O)C=Cc2ccco2)c1. The van der Waals surface area contributed by atoms with Gasteiger partial charge in [0, 0.05) is 12.6 Å². The van der Waals surface area contributed by atoms with Crippen LogP contribution in [0.4, 0.5) is 0 Å². The lowest BCUT2D eigenvalue weighted by Crippen LogP contribution is -2.21. The van der Waals surface area contributed by atoms with E-state index in [9.17, 15) is 13.2 Å². The maximum absolute atomic E-state index is 11.7. The van der Waals surface area contributed by atoms with Crippen molar-refractivity contribution in [3.63, 3.8) is 0 Å². The largest absolute Gasteiger partial charge is 0.465 e. The maximum Gasteiger partial charge on any atom is 0.244 e. The minimum atomic E-state index is -3.49. The second kappa shape index (κ2) is 7.06. The van der Waals surface area contributed by atoms with Crippen molar-refractivity contribution in [1.82, 2.24) is 10.0 Å². The summed E-state index contributed by atoms with van der Waals surface area (Å²) in [6.07, 6.45) is 4.43. The third-order valence-corrected chi connectivity index (χ3v) is 4.30. The third-order valence-electron chi connectivity index (χ3n) is 2.89. The minimum absolute atomic E-state index is 0.160. The number of sulfonamides is 1. The van der Waals surface area contributed by atoms with Gasteiger partial charge in [-0.1, -0.05) is 12.1 Å². The van der Waals surface area contributed by atoms with Crippen molar-refractivity contribution >= 4 is 22.0 Å². The first-order valence-electron chi connectivity index (χ1n) is 6.53. The van der Waals surface area contributed by atoms with Gasteiger partial charge in [0.05, 0.1) is 11.2 Å². The Morgan fingerprint density at radius 3 is 2.77 bits per heavy atom. The molecule has 0 bridgehead atoms. The van der Waals surface area contributed by atoms with Crippen LogP contribution in [0.5, 0.6) is 0 Å². The van der Waals surface area contributed by atoms with E-state index in [0.717, 1.165) is 0 Å². The van der Waals surface area contributed by atoms with Gasteiger partial charge in [0.2, 0.25) is 15.9 Å². The fraction of sp³-hybridized carbons (Fsp3) is 0.133. The average Bonchev–Trinajstić information content (AvgIpc) is 3.04. The van der Waals surface area contributed by atoms with Crippen molar-refractivity contribution < 1.29 is 17.6 Å². The third kappa shape index (κ3) is 4.31. The van der Waals surface area contributed by atoms with Crippen molar-refractivity contribution in [2.24, 2.45) is 0 Å². The number of nitrogens with one attached hydrogen (secondary N) is 2. The molecule has 1 aromatic heterocycles. The van der Waals surface area contributed by atoms with Gasteiger partial charge in [-0.2, -0.15) is 0 Å². The van der Waals surface area contributed by atoms with Crippen LogP contribution >= 0.6 is 0 Å². The highest BCUT2D eigenvalue weighted by atomic mass is 32.2. The van der Waals surface area contributed by atoms with E-state index in [1.807, 2.05) is 0 Å². The fourth-order valence-electron chi connectivity index (χ4n) is 1.73. The first-order valence-corrected chi connectivity index (χ1v) is 8.01. The number of amides is 1. The van der Waals surface area contributed by atoms with Gasteiger partial charge in [-0.15, -0.1) is 0 Å². The molecule has 0 saturated heterocycles. The first kappa shape index (κ1) is 16.0. The van der Waals surface area contributed by atoms with Crippen LogP contribution in [0.2, 0.25) is 0 Å². The average molecular weight is 320 g/mol. The van der Waals surface area contributed by atoms with Gasteiger partial charge in [0.15, 0.2) is 0 Å². The normalized spacial score (nSPS) is 11.7. The van der Waals surface area contributed by atoms with Crippen LogP contribution in [0.1, 0.15) is 11.3 Å². The van der Waals surface area contributed by atoms with Gasteiger partial charge < -0.3 is 9.73 Å². The molecule has 22 heavy (non-hydrogen) atoms. The summed E-state index contributed by atoms with van der Waals surface area (Å²) in [7, 11) is -2.14. The zero-order valence-corrected chi connectivity index (χ0v) is 12.8. The Bertz CT molecular complexity index is 765. The molecule has 0 atom stereocenters. The first-order chi connectivity index (χ1) is 10.5. The molecule has 0 saturated carbocycles. The number of hydrogen-bond acceptors (Lipinski definition) is 4. The van der Waals surface area contributed by atoms with Gasteiger partial charge in [-0.25, -0.2) is 13.1 Å². The summed E-state index contributed by atoms with van der Waals surface area (Å²) in [5.41, 5.74) is 0.691. The highest BCUT2D eigenvalue weighted by Gasteiger charge is 2.11. The molecule has 0 aliphatic carbocycles. The predicted molar refractivity (Wildman–Crippen MR) is 82.3 cm³/mol. The number of hydrogen-bond donors (Lipinski definition) is 2. The summed E-state index contributed by atoms with van der Waals surface area (Å²) < 4.78 is 30.7. The van der Waals surface area contributed by atoms with Crippen LogP contribution in [-0.2, 0) is 21.4 Å². The van der Waals surface area contributed by atoms with Crippen LogP contribution in [-0.4, -0.2) is 21.4 Å². The molecule has 1 aromatic carbocycles. The van der Waals surface area contributed by atoms with E-state index >= 15 is 0 Å². The van der Waals surface area contributed by atoms with E-state index in [0.29, 0.717) is 11.3 Å². The van der Waals surface area contributed by atoms with Crippen LogP contribution in [0.15, 0.2) is 58.1 Å². The van der Waals surface area contributed by atoms with Crippen LogP contribution in [0, 0.1) is 0 Å². The summed E-state index contributed by atoms with van der Waals surface area (Å²) in [6.45, 7) is 0.231. The molecule has 0 unspecified atom stereocenters. The Labute approximate surface area is 128 Å². The van der Waals surface area contributed by atoms with Crippen LogP contribution in [0.25, 0.3) is 6.08 Å². The van der Waals surface area contributed by atoms with Crippen molar-refractivity contribution in [3.05, 3.63) is 60.1 Å². The number of carbonyl (C=O) groups excluding carboxylic acids is 1. The summed E-state index contributed by atoms with van der Waals surface area (Å²) in [4.78, 5) is 11.8. The Kier molecular flexibility index (Phi) is 5.13. The minimum Gasteiger partial charge on any atom is -0.465 e. The molecule has 0 aliphatic rings. The van der Waals surface area contributed by atoms with E-state index in [2.05, 4.69) is 10.0 Å². The molecule has 7 heteroatoms. The standard InChI is InChI=1S/C15H16N2O4S/c1-16-22(19,20)14-6-2-4-12(10-14)11-17-15(18)8-7-13-5-3-9-21-13/h2-10,16H,11H2,1H3,(H,17,18). The molecule has 1 amide bonds. The Morgan fingerprint density at radius 1 is 1.27 bits per heavy atom. The molecule has 6 nitrogen and oxygen atoms in total. The van der Waals surface area contributed by atoms with Crippen molar-refractivity contribution in [2.75, 3.05) is 7.05 Å².